The molecule has 1 aromatic carbocycles. The second kappa shape index (κ2) is 8.09. The number of benzene rings is 1. The molecule has 4 nitrogen and oxygen atoms in total. The van der Waals surface area contributed by atoms with Gasteiger partial charge in [-0.1, -0.05) is 38.2 Å². The number of rotatable bonds is 8. The topological polar surface area (TPSA) is 58.7 Å². The molecule has 0 fully saturated rings. The van der Waals surface area contributed by atoms with Crippen LogP contribution in [0.3, 0.4) is 0 Å². The third kappa shape index (κ3) is 5.55. The summed E-state index contributed by atoms with van der Waals surface area (Å²) in [5, 5.41) is 9.90. The number of likely N-dealkylation sites (N-methyl/N-ethyl adjacent to an activating group) is 1. The molecule has 106 valence electrons. The molecule has 0 aliphatic heterocycles. The van der Waals surface area contributed by atoms with E-state index in [2.05, 4.69) is 18.7 Å². The molecule has 1 unspecified atom stereocenters. The Hall–Kier alpha value is -1.17. The summed E-state index contributed by atoms with van der Waals surface area (Å²) in [6.45, 7) is 6.86. The van der Waals surface area contributed by atoms with Gasteiger partial charge in [0, 0.05) is 12.1 Å². The van der Waals surface area contributed by atoms with Crippen molar-refractivity contribution < 1.29 is 9.84 Å². The van der Waals surface area contributed by atoms with Gasteiger partial charge in [0.2, 0.25) is 0 Å². The number of nitrogens with two attached hydrogens (primary N) is 1. The third-order valence-electron chi connectivity index (χ3n) is 2.92. The zero-order valence-electron chi connectivity index (χ0n) is 11.5. The lowest BCUT2D eigenvalue weighted by molar-refractivity contribution is 0.0716. The van der Waals surface area contributed by atoms with Crippen molar-refractivity contribution in [2.75, 3.05) is 26.2 Å². The van der Waals surface area contributed by atoms with Crippen molar-refractivity contribution in [2.24, 2.45) is 5.73 Å². The predicted molar refractivity (Wildman–Crippen MR) is 81.6 cm³/mol. The Labute approximate surface area is 120 Å². The highest BCUT2D eigenvalue weighted by Crippen LogP contribution is 2.13. The third-order valence-corrected chi connectivity index (χ3v) is 3.16. The van der Waals surface area contributed by atoms with Crippen molar-refractivity contribution in [2.45, 2.75) is 20.0 Å². The molecule has 0 amide bonds. The summed E-state index contributed by atoms with van der Waals surface area (Å²) in [5.74, 6) is 0.670. The summed E-state index contributed by atoms with van der Waals surface area (Å²) in [5.41, 5.74) is 6.33. The first-order valence-corrected chi connectivity index (χ1v) is 6.90. The van der Waals surface area contributed by atoms with Crippen LogP contribution >= 0.6 is 12.2 Å². The SMILES string of the molecule is CCN(CC)CC(O)COc1cccc(C(N)=S)c1. The van der Waals surface area contributed by atoms with E-state index in [1.54, 1.807) is 6.07 Å². The maximum Gasteiger partial charge on any atom is 0.120 e. The quantitative estimate of drug-likeness (QED) is 0.706. The number of aliphatic hydroxyl groups excluding tert-OH is 1. The maximum absolute atomic E-state index is 9.90. The lowest BCUT2D eigenvalue weighted by atomic mass is 10.2. The van der Waals surface area contributed by atoms with E-state index in [0.29, 0.717) is 17.3 Å². The molecule has 0 spiro atoms. The Bertz CT molecular complexity index is 408. The van der Waals surface area contributed by atoms with Crippen LogP contribution in [-0.2, 0) is 0 Å². The monoisotopic (exact) mass is 282 g/mol. The van der Waals surface area contributed by atoms with Crippen LogP contribution in [0.2, 0.25) is 0 Å². The molecule has 1 aromatic rings. The van der Waals surface area contributed by atoms with Crippen LogP contribution in [-0.4, -0.2) is 47.3 Å². The molecule has 0 bridgehead atoms. The highest BCUT2D eigenvalue weighted by atomic mass is 32.1. The van der Waals surface area contributed by atoms with Crippen molar-refractivity contribution in [1.82, 2.24) is 4.90 Å². The maximum atomic E-state index is 9.90. The molecular formula is C14H22N2O2S. The summed E-state index contributed by atoms with van der Waals surface area (Å²) in [6.07, 6.45) is -0.506. The van der Waals surface area contributed by atoms with Crippen LogP contribution in [0, 0.1) is 0 Å². The van der Waals surface area contributed by atoms with Crippen LogP contribution in [0.15, 0.2) is 24.3 Å². The van der Waals surface area contributed by atoms with E-state index in [0.717, 1.165) is 18.7 Å². The first-order chi connectivity index (χ1) is 9.06. The summed E-state index contributed by atoms with van der Waals surface area (Å²) in [4.78, 5) is 2.49. The smallest absolute Gasteiger partial charge is 0.120 e. The average molecular weight is 282 g/mol. The summed E-state index contributed by atoms with van der Waals surface area (Å²) < 4.78 is 5.56. The van der Waals surface area contributed by atoms with Crippen molar-refractivity contribution in [3.8, 4) is 5.75 Å². The molecule has 5 heteroatoms. The van der Waals surface area contributed by atoms with E-state index in [-0.39, 0.29) is 6.61 Å². The van der Waals surface area contributed by atoms with Crippen LogP contribution in [0.1, 0.15) is 19.4 Å². The lowest BCUT2D eigenvalue weighted by Crippen LogP contribution is -2.35. The minimum Gasteiger partial charge on any atom is -0.491 e. The van der Waals surface area contributed by atoms with Gasteiger partial charge in [0.05, 0.1) is 0 Å². The predicted octanol–water partition coefficient (Wildman–Crippen LogP) is 1.40. The van der Waals surface area contributed by atoms with Gasteiger partial charge in [-0.25, -0.2) is 0 Å². The fourth-order valence-corrected chi connectivity index (χ4v) is 1.89. The molecule has 0 aromatic heterocycles. The van der Waals surface area contributed by atoms with Gasteiger partial charge in [0.15, 0.2) is 0 Å². The van der Waals surface area contributed by atoms with Gasteiger partial charge in [-0.05, 0) is 25.2 Å². The summed E-state index contributed by atoms with van der Waals surface area (Å²) >= 11 is 4.91. The van der Waals surface area contributed by atoms with Crippen molar-refractivity contribution >= 4 is 17.2 Å². The minimum atomic E-state index is -0.506. The van der Waals surface area contributed by atoms with Gasteiger partial charge < -0.3 is 20.5 Å². The van der Waals surface area contributed by atoms with Crippen molar-refractivity contribution in [3.63, 3.8) is 0 Å². The Kier molecular flexibility index (Phi) is 6.77. The van der Waals surface area contributed by atoms with Gasteiger partial charge in [-0.15, -0.1) is 0 Å². The Morgan fingerprint density at radius 2 is 2.11 bits per heavy atom. The standard InChI is InChI=1S/C14H22N2O2S/c1-3-16(4-2)9-12(17)10-18-13-7-5-6-11(8-13)14(15)19/h5-8,12,17H,3-4,9-10H2,1-2H3,(H2,15,19). The molecule has 0 radical (unpaired) electrons. The molecule has 0 saturated carbocycles. The van der Waals surface area contributed by atoms with E-state index in [9.17, 15) is 5.11 Å². The van der Waals surface area contributed by atoms with Crippen LogP contribution in [0.5, 0.6) is 5.75 Å². The van der Waals surface area contributed by atoms with Crippen LogP contribution in [0.25, 0.3) is 0 Å². The molecule has 0 saturated heterocycles. The molecular weight excluding hydrogens is 260 g/mol. The first kappa shape index (κ1) is 15.9. The van der Waals surface area contributed by atoms with Crippen LogP contribution in [0.4, 0.5) is 0 Å². The Morgan fingerprint density at radius 3 is 2.68 bits per heavy atom. The fraction of sp³-hybridized carbons (Fsp3) is 0.500. The second-order valence-corrected chi connectivity index (χ2v) is 4.78. The van der Waals surface area contributed by atoms with Crippen molar-refractivity contribution in [3.05, 3.63) is 29.8 Å². The number of nitrogens with zero attached hydrogens (tertiary/aromatic N) is 1. The summed E-state index contributed by atoms with van der Waals surface area (Å²) in [6, 6.07) is 7.28. The minimum absolute atomic E-state index is 0.261. The average Bonchev–Trinajstić information content (AvgIpc) is 2.42. The number of hydrogen-bond donors (Lipinski definition) is 2. The molecule has 3 N–H and O–H groups in total. The highest BCUT2D eigenvalue weighted by Gasteiger charge is 2.10. The van der Waals surface area contributed by atoms with Gasteiger partial charge >= 0.3 is 0 Å². The number of thiocarbonyl (C=S) groups is 1. The summed E-state index contributed by atoms with van der Waals surface area (Å²) in [7, 11) is 0. The van der Waals surface area contributed by atoms with Gasteiger partial charge in [0.1, 0.15) is 23.4 Å². The zero-order chi connectivity index (χ0) is 14.3. The number of hydrogen-bond acceptors (Lipinski definition) is 4. The first-order valence-electron chi connectivity index (χ1n) is 6.49. The Morgan fingerprint density at radius 1 is 1.42 bits per heavy atom. The molecule has 1 atom stereocenters. The number of ether oxygens (including phenoxy) is 1. The molecule has 1 rings (SSSR count). The lowest BCUT2D eigenvalue weighted by Gasteiger charge is -2.22. The highest BCUT2D eigenvalue weighted by molar-refractivity contribution is 7.80. The van der Waals surface area contributed by atoms with E-state index in [1.165, 1.54) is 0 Å². The largest absolute Gasteiger partial charge is 0.491 e. The van der Waals surface area contributed by atoms with E-state index in [4.69, 9.17) is 22.7 Å². The van der Waals surface area contributed by atoms with Crippen molar-refractivity contribution in [1.29, 1.82) is 0 Å². The van der Waals surface area contributed by atoms with E-state index in [1.807, 2.05) is 18.2 Å². The number of aliphatic hydroxyl groups is 1. The molecule has 19 heavy (non-hydrogen) atoms. The zero-order valence-corrected chi connectivity index (χ0v) is 12.3. The van der Waals surface area contributed by atoms with Gasteiger partial charge in [-0.2, -0.15) is 0 Å². The van der Waals surface area contributed by atoms with Gasteiger partial charge in [-0.3, -0.25) is 0 Å². The molecule has 0 heterocycles. The normalized spacial score (nSPS) is 12.4. The molecule has 0 aliphatic carbocycles. The van der Waals surface area contributed by atoms with Crippen LogP contribution < -0.4 is 10.5 Å². The molecule has 0 aliphatic rings. The second-order valence-electron chi connectivity index (χ2n) is 4.34. The fourth-order valence-electron chi connectivity index (χ4n) is 1.76. The van der Waals surface area contributed by atoms with E-state index >= 15 is 0 Å². The van der Waals surface area contributed by atoms with Gasteiger partial charge in [0.25, 0.3) is 0 Å². The van der Waals surface area contributed by atoms with E-state index < -0.39 is 6.10 Å². The Balaban J connectivity index is 2.47.